The van der Waals surface area contributed by atoms with Crippen LogP contribution in [0.15, 0.2) is 12.1 Å². The number of ether oxygens (including phenoxy) is 1. The number of likely N-dealkylation sites (N-methyl/N-ethyl adjacent to an activating group) is 2. The van der Waals surface area contributed by atoms with Gasteiger partial charge in [0.15, 0.2) is 6.23 Å². The first-order chi connectivity index (χ1) is 11.4. The van der Waals surface area contributed by atoms with Crippen LogP contribution in [-0.4, -0.2) is 48.1 Å². The minimum Gasteiger partial charge on any atom is -0.470 e. The number of carbonyl (C=O) groups is 1. The summed E-state index contributed by atoms with van der Waals surface area (Å²) in [4.78, 5) is 16.7. The Kier molecular flexibility index (Phi) is 8.26. The number of benzene rings is 1. The molecular weight excluding hydrogens is 300 g/mol. The van der Waals surface area contributed by atoms with Crippen LogP contribution in [0.4, 0.5) is 0 Å². The molecule has 1 unspecified atom stereocenters. The van der Waals surface area contributed by atoms with Gasteiger partial charge in [-0.3, -0.25) is 9.69 Å². The molecule has 0 fully saturated rings. The minimum atomic E-state index is -0.224. The lowest BCUT2D eigenvalue weighted by Crippen LogP contribution is -2.47. The largest absolute Gasteiger partial charge is 0.470 e. The van der Waals surface area contributed by atoms with E-state index in [0.717, 1.165) is 36.4 Å². The Bertz CT molecular complexity index is 515. The SMILES string of the molecule is CCC(Oc1c(C)cc(C)cc1C)N(CC)C(=O)CN(CC)CC. The van der Waals surface area contributed by atoms with Crippen molar-refractivity contribution in [2.24, 2.45) is 0 Å². The monoisotopic (exact) mass is 334 g/mol. The van der Waals surface area contributed by atoms with E-state index in [2.05, 4.69) is 58.6 Å². The van der Waals surface area contributed by atoms with Gasteiger partial charge in [-0.05, 0) is 51.9 Å². The molecule has 4 heteroatoms. The molecule has 0 saturated heterocycles. The Morgan fingerprint density at radius 3 is 1.96 bits per heavy atom. The van der Waals surface area contributed by atoms with Gasteiger partial charge in [-0.15, -0.1) is 0 Å². The van der Waals surface area contributed by atoms with Gasteiger partial charge in [0.05, 0.1) is 6.54 Å². The van der Waals surface area contributed by atoms with Crippen LogP contribution in [0.25, 0.3) is 0 Å². The lowest BCUT2D eigenvalue weighted by atomic mass is 10.1. The molecule has 0 aliphatic heterocycles. The molecule has 4 nitrogen and oxygen atoms in total. The maximum absolute atomic E-state index is 12.7. The summed E-state index contributed by atoms with van der Waals surface area (Å²) in [6.45, 7) is 17.3. The van der Waals surface area contributed by atoms with Crippen molar-refractivity contribution in [3.05, 3.63) is 28.8 Å². The standard InChI is InChI=1S/C20H34N2O2/c1-8-19(22(11-4)18(23)14-21(9-2)10-3)24-20-16(6)12-15(5)13-17(20)7/h12-13,19H,8-11,14H2,1-7H3. The van der Waals surface area contributed by atoms with Crippen LogP contribution in [0.3, 0.4) is 0 Å². The van der Waals surface area contributed by atoms with E-state index in [1.165, 1.54) is 5.56 Å². The number of hydrogen-bond acceptors (Lipinski definition) is 3. The number of hydrogen-bond donors (Lipinski definition) is 0. The van der Waals surface area contributed by atoms with E-state index in [0.29, 0.717) is 13.1 Å². The molecule has 0 aromatic heterocycles. The molecule has 0 heterocycles. The number of aryl methyl sites for hydroxylation is 3. The second-order valence-electron chi connectivity index (χ2n) is 6.35. The van der Waals surface area contributed by atoms with Gasteiger partial charge in [-0.2, -0.15) is 0 Å². The molecule has 24 heavy (non-hydrogen) atoms. The quantitative estimate of drug-likeness (QED) is 0.642. The summed E-state index contributed by atoms with van der Waals surface area (Å²) < 4.78 is 6.29. The zero-order valence-electron chi connectivity index (χ0n) is 16.5. The maximum atomic E-state index is 12.7. The van der Waals surface area contributed by atoms with E-state index in [1.54, 1.807) is 0 Å². The predicted molar refractivity (Wildman–Crippen MR) is 101 cm³/mol. The van der Waals surface area contributed by atoms with Gasteiger partial charge in [0.25, 0.3) is 0 Å². The van der Waals surface area contributed by atoms with Crippen molar-refractivity contribution in [1.82, 2.24) is 9.80 Å². The van der Waals surface area contributed by atoms with Gasteiger partial charge < -0.3 is 9.64 Å². The van der Waals surface area contributed by atoms with E-state index in [1.807, 2.05) is 11.8 Å². The fourth-order valence-corrected chi connectivity index (χ4v) is 3.13. The maximum Gasteiger partial charge on any atom is 0.239 e. The molecule has 1 atom stereocenters. The highest BCUT2D eigenvalue weighted by molar-refractivity contribution is 5.78. The van der Waals surface area contributed by atoms with Crippen molar-refractivity contribution >= 4 is 5.91 Å². The van der Waals surface area contributed by atoms with Crippen molar-refractivity contribution in [3.8, 4) is 5.75 Å². The third-order valence-corrected chi connectivity index (χ3v) is 4.47. The van der Waals surface area contributed by atoms with Gasteiger partial charge in [0.1, 0.15) is 5.75 Å². The number of nitrogens with zero attached hydrogens (tertiary/aromatic N) is 2. The van der Waals surface area contributed by atoms with E-state index in [4.69, 9.17) is 4.74 Å². The Balaban J connectivity index is 2.95. The highest BCUT2D eigenvalue weighted by atomic mass is 16.5. The van der Waals surface area contributed by atoms with Crippen LogP contribution in [0.2, 0.25) is 0 Å². The normalized spacial score (nSPS) is 12.3. The van der Waals surface area contributed by atoms with Crippen LogP contribution >= 0.6 is 0 Å². The topological polar surface area (TPSA) is 32.8 Å². The Hall–Kier alpha value is -1.55. The zero-order valence-corrected chi connectivity index (χ0v) is 16.5. The summed E-state index contributed by atoms with van der Waals surface area (Å²) in [6, 6.07) is 4.26. The number of carbonyl (C=O) groups excluding carboxylic acids is 1. The minimum absolute atomic E-state index is 0.135. The van der Waals surface area contributed by atoms with Gasteiger partial charge >= 0.3 is 0 Å². The molecule has 0 bridgehead atoms. The van der Waals surface area contributed by atoms with E-state index in [-0.39, 0.29) is 12.1 Å². The first-order valence-electron chi connectivity index (χ1n) is 9.14. The van der Waals surface area contributed by atoms with Crippen molar-refractivity contribution in [1.29, 1.82) is 0 Å². The van der Waals surface area contributed by atoms with Crippen LogP contribution in [-0.2, 0) is 4.79 Å². The molecule has 0 saturated carbocycles. The fourth-order valence-electron chi connectivity index (χ4n) is 3.13. The van der Waals surface area contributed by atoms with Crippen molar-refractivity contribution < 1.29 is 9.53 Å². The summed E-state index contributed by atoms with van der Waals surface area (Å²) in [5.41, 5.74) is 3.48. The second-order valence-corrected chi connectivity index (χ2v) is 6.35. The molecule has 0 N–H and O–H groups in total. The molecule has 0 spiro atoms. The highest BCUT2D eigenvalue weighted by Crippen LogP contribution is 2.27. The first-order valence-corrected chi connectivity index (χ1v) is 9.14. The molecule has 1 amide bonds. The number of amides is 1. The fraction of sp³-hybridized carbons (Fsp3) is 0.650. The molecule has 1 aromatic rings. The van der Waals surface area contributed by atoms with Crippen LogP contribution in [0.5, 0.6) is 5.75 Å². The summed E-state index contributed by atoms with van der Waals surface area (Å²) >= 11 is 0. The van der Waals surface area contributed by atoms with E-state index < -0.39 is 0 Å². The molecule has 0 aliphatic carbocycles. The summed E-state index contributed by atoms with van der Waals surface area (Å²) in [6.07, 6.45) is 0.545. The molecule has 136 valence electrons. The van der Waals surface area contributed by atoms with Gasteiger partial charge in [0.2, 0.25) is 5.91 Å². The first kappa shape index (κ1) is 20.5. The highest BCUT2D eigenvalue weighted by Gasteiger charge is 2.24. The van der Waals surface area contributed by atoms with Gasteiger partial charge in [-0.25, -0.2) is 0 Å². The lowest BCUT2D eigenvalue weighted by molar-refractivity contribution is -0.140. The Labute approximate surface area is 147 Å². The van der Waals surface area contributed by atoms with Crippen LogP contribution in [0, 0.1) is 20.8 Å². The zero-order chi connectivity index (χ0) is 18.3. The summed E-state index contributed by atoms with van der Waals surface area (Å²) in [5.74, 6) is 1.04. The predicted octanol–water partition coefficient (Wildman–Crippen LogP) is 3.92. The summed E-state index contributed by atoms with van der Waals surface area (Å²) in [5, 5.41) is 0. The molecular formula is C20H34N2O2. The van der Waals surface area contributed by atoms with Crippen LogP contribution in [0.1, 0.15) is 50.8 Å². The second kappa shape index (κ2) is 9.67. The number of rotatable bonds is 9. The van der Waals surface area contributed by atoms with Crippen LogP contribution < -0.4 is 4.74 Å². The Morgan fingerprint density at radius 1 is 1.00 bits per heavy atom. The smallest absolute Gasteiger partial charge is 0.239 e. The average molecular weight is 335 g/mol. The molecule has 1 rings (SSSR count). The van der Waals surface area contributed by atoms with E-state index >= 15 is 0 Å². The van der Waals surface area contributed by atoms with Gasteiger partial charge in [0, 0.05) is 13.0 Å². The molecule has 0 aliphatic rings. The molecule has 1 aromatic carbocycles. The van der Waals surface area contributed by atoms with Crippen molar-refractivity contribution in [2.75, 3.05) is 26.2 Å². The third-order valence-electron chi connectivity index (χ3n) is 4.47. The third kappa shape index (κ3) is 5.23. The van der Waals surface area contributed by atoms with E-state index in [9.17, 15) is 4.79 Å². The average Bonchev–Trinajstić information content (AvgIpc) is 2.54. The van der Waals surface area contributed by atoms with Gasteiger partial charge in [-0.1, -0.05) is 38.5 Å². The lowest BCUT2D eigenvalue weighted by Gasteiger charge is -2.33. The summed E-state index contributed by atoms with van der Waals surface area (Å²) in [7, 11) is 0. The Morgan fingerprint density at radius 2 is 1.54 bits per heavy atom. The van der Waals surface area contributed by atoms with Crippen molar-refractivity contribution in [2.45, 2.75) is 61.1 Å². The molecule has 0 radical (unpaired) electrons. The van der Waals surface area contributed by atoms with Crippen molar-refractivity contribution in [3.63, 3.8) is 0 Å².